The summed E-state index contributed by atoms with van der Waals surface area (Å²) in [4.78, 5) is 4.76. The topological polar surface area (TPSA) is 54.9 Å². The number of nitrogens with zero attached hydrogens (tertiary/aromatic N) is 1. The highest BCUT2D eigenvalue weighted by Crippen LogP contribution is 2.23. The Balaban J connectivity index is 2.46. The van der Waals surface area contributed by atoms with E-state index in [2.05, 4.69) is 62.6 Å². The van der Waals surface area contributed by atoms with Gasteiger partial charge in [0.1, 0.15) is 0 Å². The number of nitrogens with one attached hydrogen (secondary N) is 2. The lowest BCUT2D eigenvalue weighted by Gasteiger charge is -2.24. The summed E-state index contributed by atoms with van der Waals surface area (Å²) in [7, 11) is 1.68. The Morgan fingerprint density at radius 1 is 1.08 bits per heavy atom. The molecule has 0 aliphatic heterocycles. The van der Waals surface area contributed by atoms with Gasteiger partial charge in [-0.2, -0.15) is 0 Å². The van der Waals surface area contributed by atoms with Crippen molar-refractivity contribution in [1.29, 1.82) is 0 Å². The number of aliphatic imine (C=N–C) groups is 1. The molecule has 0 spiro atoms. The summed E-state index contributed by atoms with van der Waals surface area (Å²) in [6.07, 6.45) is 0.940. The van der Waals surface area contributed by atoms with Gasteiger partial charge < -0.3 is 20.1 Å². The van der Waals surface area contributed by atoms with Crippen molar-refractivity contribution in [3.63, 3.8) is 0 Å². The summed E-state index contributed by atoms with van der Waals surface area (Å²) in [5.41, 5.74) is 2.59. The van der Waals surface area contributed by atoms with Crippen molar-refractivity contribution in [3.05, 3.63) is 35.4 Å². The van der Waals surface area contributed by atoms with Gasteiger partial charge in [-0.3, -0.25) is 4.99 Å². The number of guanidine groups is 1. The molecule has 5 nitrogen and oxygen atoms in total. The predicted octanol–water partition coefficient (Wildman–Crippen LogP) is 2.88. The molecule has 0 saturated carbocycles. The van der Waals surface area contributed by atoms with Crippen LogP contribution in [-0.2, 0) is 14.9 Å². The van der Waals surface area contributed by atoms with Gasteiger partial charge in [-0.05, 0) is 25.8 Å². The molecule has 2 N–H and O–H groups in total. The largest absolute Gasteiger partial charge is 0.382 e. The van der Waals surface area contributed by atoms with Crippen LogP contribution in [-0.4, -0.2) is 52.5 Å². The molecule has 25 heavy (non-hydrogen) atoms. The summed E-state index contributed by atoms with van der Waals surface area (Å²) in [5, 5.41) is 6.68. The Morgan fingerprint density at radius 2 is 1.80 bits per heavy atom. The second-order valence-electron chi connectivity index (χ2n) is 6.83. The fourth-order valence-electron chi connectivity index (χ4n) is 2.34. The maximum atomic E-state index is 5.47. The van der Waals surface area contributed by atoms with Gasteiger partial charge in [0.25, 0.3) is 0 Å². The third-order valence-corrected chi connectivity index (χ3v) is 4.00. The van der Waals surface area contributed by atoms with Gasteiger partial charge in [-0.15, -0.1) is 0 Å². The van der Waals surface area contributed by atoms with E-state index in [1.165, 1.54) is 11.1 Å². The van der Waals surface area contributed by atoms with E-state index >= 15 is 0 Å². The average Bonchev–Trinajstić information content (AvgIpc) is 2.59. The summed E-state index contributed by atoms with van der Waals surface area (Å²) < 4.78 is 10.4. The minimum atomic E-state index is -0.000680. The zero-order valence-electron chi connectivity index (χ0n) is 16.5. The van der Waals surface area contributed by atoms with Crippen LogP contribution in [0.25, 0.3) is 0 Å². The molecule has 0 saturated heterocycles. The molecule has 0 radical (unpaired) electrons. The lowest BCUT2D eigenvalue weighted by Crippen LogP contribution is -2.39. The highest BCUT2D eigenvalue weighted by molar-refractivity contribution is 5.79. The van der Waals surface area contributed by atoms with E-state index in [0.717, 1.165) is 38.6 Å². The third kappa shape index (κ3) is 8.89. The number of ether oxygens (including phenoxy) is 2. The molecule has 1 rings (SSSR count). The number of benzene rings is 1. The van der Waals surface area contributed by atoms with Gasteiger partial charge >= 0.3 is 0 Å². The van der Waals surface area contributed by atoms with Crippen LogP contribution in [0.15, 0.2) is 29.3 Å². The first-order valence-electron chi connectivity index (χ1n) is 9.15. The van der Waals surface area contributed by atoms with Crippen LogP contribution in [0, 0.1) is 6.92 Å². The molecule has 0 atom stereocenters. The van der Waals surface area contributed by atoms with Crippen LogP contribution in [0.3, 0.4) is 0 Å². The van der Waals surface area contributed by atoms with Gasteiger partial charge in [-0.1, -0.05) is 43.7 Å². The lowest BCUT2D eigenvalue weighted by molar-refractivity contribution is 0.0698. The van der Waals surface area contributed by atoms with Crippen molar-refractivity contribution in [2.75, 3.05) is 46.6 Å². The maximum Gasteiger partial charge on any atom is 0.191 e. The highest BCUT2D eigenvalue weighted by Gasteiger charge is 2.20. The van der Waals surface area contributed by atoms with Crippen molar-refractivity contribution < 1.29 is 9.47 Å². The minimum absolute atomic E-state index is 0.000680. The van der Waals surface area contributed by atoms with E-state index in [1.807, 2.05) is 0 Å². The Kier molecular flexibility index (Phi) is 10.2. The van der Waals surface area contributed by atoms with E-state index in [4.69, 9.17) is 14.5 Å². The maximum absolute atomic E-state index is 5.47. The molecule has 5 heteroatoms. The van der Waals surface area contributed by atoms with Gasteiger partial charge in [0, 0.05) is 32.2 Å². The summed E-state index contributed by atoms with van der Waals surface area (Å²) >= 11 is 0. The lowest BCUT2D eigenvalue weighted by atomic mass is 9.84. The van der Waals surface area contributed by atoms with E-state index < -0.39 is 0 Å². The summed E-state index contributed by atoms with van der Waals surface area (Å²) in [6, 6.07) is 8.72. The molecule has 0 heterocycles. The van der Waals surface area contributed by atoms with Crippen LogP contribution in [0.2, 0.25) is 0 Å². The number of methoxy groups -OCH3 is 1. The van der Waals surface area contributed by atoms with E-state index in [0.29, 0.717) is 13.2 Å². The monoisotopic (exact) mass is 349 g/mol. The van der Waals surface area contributed by atoms with Crippen LogP contribution >= 0.6 is 0 Å². The molecule has 0 aromatic heterocycles. The van der Waals surface area contributed by atoms with Crippen LogP contribution in [0.5, 0.6) is 0 Å². The number of aryl methyl sites for hydroxylation is 1. The average molecular weight is 350 g/mol. The highest BCUT2D eigenvalue weighted by atomic mass is 16.5. The summed E-state index contributed by atoms with van der Waals surface area (Å²) in [6.45, 7) is 13.1. The molecule has 1 aromatic rings. The predicted molar refractivity (Wildman–Crippen MR) is 105 cm³/mol. The van der Waals surface area contributed by atoms with Crippen molar-refractivity contribution in [2.45, 2.75) is 39.5 Å². The van der Waals surface area contributed by atoms with Crippen LogP contribution < -0.4 is 10.6 Å². The SMILES string of the molecule is CCNC(=NCC(C)(C)c1ccc(C)cc1)NCCCOCCOC. The first kappa shape index (κ1) is 21.5. The third-order valence-electron chi connectivity index (χ3n) is 4.00. The van der Waals surface area contributed by atoms with Crippen molar-refractivity contribution in [3.8, 4) is 0 Å². The van der Waals surface area contributed by atoms with Crippen molar-refractivity contribution in [1.82, 2.24) is 10.6 Å². The number of rotatable bonds is 11. The molecule has 1 aromatic carbocycles. The first-order valence-corrected chi connectivity index (χ1v) is 9.15. The fourth-order valence-corrected chi connectivity index (χ4v) is 2.34. The fraction of sp³-hybridized carbons (Fsp3) is 0.650. The van der Waals surface area contributed by atoms with Gasteiger partial charge in [0.05, 0.1) is 19.8 Å². The number of hydrogen-bond acceptors (Lipinski definition) is 3. The second-order valence-corrected chi connectivity index (χ2v) is 6.83. The normalized spacial score (nSPS) is 12.3. The molecule has 142 valence electrons. The minimum Gasteiger partial charge on any atom is -0.382 e. The van der Waals surface area contributed by atoms with Gasteiger partial charge in [-0.25, -0.2) is 0 Å². The number of hydrogen-bond donors (Lipinski definition) is 2. The first-order chi connectivity index (χ1) is 12.0. The van der Waals surface area contributed by atoms with E-state index in [9.17, 15) is 0 Å². The smallest absolute Gasteiger partial charge is 0.191 e. The van der Waals surface area contributed by atoms with Crippen LogP contribution in [0.4, 0.5) is 0 Å². The zero-order chi connectivity index (χ0) is 18.5. The summed E-state index contributed by atoms with van der Waals surface area (Å²) in [5.74, 6) is 0.861. The standard InChI is InChI=1S/C20H35N3O2/c1-6-21-19(22-12-7-13-25-15-14-24-5)23-16-20(3,4)18-10-8-17(2)9-11-18/h8-11H,6-7,12-16H2,1-5H3,(H2,21,22,23). The quantitative estimate of drug-likeness (QED) is 0.366. The molecular weight excluding hydrogens is 314 g/mol. The molecule has 0 aliphatic rings. The molecule has 0 amide bonds. The van der Waals surface area contributed by atoms with Crippen molar-refractivity contribution >= 4 is 5.96 Å². The van der Waals surface area contributed by atoms with E-state index in [-0.39, 0.29) is 5.41 Å². The van der Waals surface area contributed by atoms with Crippen LogP contribution in [0.1, 0.15) is 38.3 Å². The molecule has 0 aliphatic carbocycles. The Morgan fingerprint density at radius 3 is 2.44 bits per heavy atom. The molecule has 0 bridgehead atoms. The second kappa shape index (κ2) is 11.9. The molecule has 0 unspecified atom stereocenters. The molecule has 0 fully saturated rings. The Hall–Kier alpha value is -1.59. The molecular formula is C20H35N3O2. The zero-order valence-corrected chi connectivity index (χ0v) is 16.5. The van der Waals surface area contributed by atoms with E-state index in [1.54, 1.807) is 7.11 Å². The van der Waals surface area contributed by atoms with Gasteiger partial charge in [0.2, 0.25) is 0 Å². The Labute approximate surface area is 153 Å². The van der Waals surface area contributed by atoms with Crippen molar-refractivity contribution in [2.24, 2.45) is 4.99 Å². The Bertz CT molecular complexity index is 498. The van der Waals surface area contributed by atoms with Gasteiger partial charge in [0.15, 0.2) is 5.96 Å².